The minimum Gasteiger partial charge on any atom is -0.244 e. The summed E-state index contributed by atoms with van der Waals surface area (Å²) in [5.74, 6) is 0. The van der Waals surface area contributed by atoms with Crippen molar-refractivity contribution in [3.63, 3.8) is 0 Å². The number of fused-ring (bicyclic) bond motifs is 2. The standard InChI is InChI=1S/C40H44N2/c1-3-5-7-9-13-31-19-23-33(24-20-31)27-29-35-15-11-17-37-39(35)41-38-18-12-16-36(40(38)42-37)30-28-34-25-21-32(22-26-34)14-10-8-6-4-2/h11-12,15-30H,3-10,13-14H2,1-2H3/b29-27+,30-28+. The highest BCUT2D eigenvalue weighted by Crippen LogP contribution is 2.25. The number of benzene rings is 4. The van der Waals surface area contributed by atoms with Crippen LogP contribution in [0.25, 0.3) is 46.4 Å². The van der Waals surface area contributed by atoms with Crippen LogP contribution in [0.4, 0.5) is 0 Å². The maximum atomic E-state index is 5.07. The van der Waals surface area contributed by atoms with E-state index < -0.39 is 0 Å². The number of hydrogen-bond acceptors (Lipinski definition) is 2. The van der Waals surface area contributed by atoms with Crippen LogP contribution in [0.2, 0.25) is 0 Å². The monoisotopic (exact) mass is 552 g/mol. The zero-order valence-corrected chi connectivity index (χ0v) is 25.4. The third-order valence-corrected chi connectivity index (χ3v) is 8.06. The molecule has 0 unspecified atom stereocenters. The molecule has 0 fully saturated rings. The van der Waals surface area contributed by atoms with E-state index in [0.717, 1.165) is 33.2 Å². The summed E-state index contributed by atoms with van der Waals surface area (Å²) in [5, 5.41) is 0. The predicted octanol–water partition coefficient (Wildman–Crippen LogP) is 11.4. The molecule has 0 N–H and O–H groups in total. The van der Waals surface area contributed by atoms with E-state index in [1.54, 1.807) is 0 Å². The summed E-state index contributed by atoms with van der Waals surface area (Å²) in [6, 6.07) is 30.5. The Balaban J connectivity index is 1.31. The molecule has 1 aromatic heterocycles. The van der Waals surface area contributed by atoms with Crippen LogP contribution in [-0.4, -0.2) is 9.97 Å². The van der Waals surface area contributed by atoms with Crippen LogP contribution < -0.4 is 0 Å². The largest absolute Gasteiger partial charge is 0.244 e. The first-order valence-electron chi connectivity index (χ1n) is 16.0. The van der Waals surface area contributed by atoms with E-state index in [4.69, 9.17) is 9.97 Å². The number of unbranched alkanes of at least 4 members (excludes halogenated alkanes) is 6. The van der Waals surface area contributed by atoms with E-state index in [1.807, 2.05) is 0 Å². The lowest BCUT2D eigenvalue weighted by atomic mass is 10.0. The molecular weight excluding hydrogens is 508 g/mol. The van der Waals surface area contributed by atoms with Crippen molar-refractivity contribution in [1.82, 2.24) is 9.97 Å². The zero-order valence-electron chi connectivity index (χ0n) is 25.4. The van der Waals surface area contributed by atoms with Gasteiger partial charge in [-0.2, -0.15) is 0 Å². The van der Waals surface area contributed by atoms with Gasteiger partial charge in [-0.3, -0.25) is 0 Å². The Morgan fingerprint density at radius 1 is 0.452 bits per heavy atom. The minimum absolute atomic E-state index is 0.917. The molecule has 0 saturated heterocycles. The molecule has 0 saturated carbocycles. The number of aryl methyl sites for hydroxylation is 2. The second-order valence-electron chi connectivity index (χ2n) is 11.4. The molecule has 0 aliphatic rings. The average Bonchev–Trinajstić information content (AvgIpc) is 3.03. The van der Waals surface area contributed by atoms with Crippen molar-refractivity contribution < 1.29 is 0 Å². The fraction of sp³-hybridized carbons (Fsp3) is 0.300. The first kappa shape index (κ1) is 29.5. The van der Waals surface area contributed by atoms with Crippen LogP contribution in [0.3, 0.4) is 0 Å². The lowest BCUT2D eigenvalue weighted by Crippen LogP contribution is -1.92. The zero-order chi connectivity index (χ0) is 29.0. The second-order valence-corrected chi connectivity index (χ2v) is 11.4. The Morgan fingerprint density at radius 3 is 1.29 bits per heavy atom. The van der Waals surface area contributed by atoms with Gasteiger partial charge in [-0.05, 0) is 60.1 Å². The molecule has 0 aliphatic heterocycles. The molecule has 0 bridgehead atoms. The topological polar surface area (TPSA) is 25.8 Å². The Bertz CT molecular complexity index is 1500. The van der Waals surface area contributed by atoms with Gasteiger partial charge in [0, 0.05) is 11.1 Å². The van der Waals surface area contributed by atoms with Crippen LogP contribution in [0.5, 0.6) is 0 Å². The van der Waals surface area contributed by atoms with Gasteiger partial charge in [-0.1, -0.05) is 149 Å². The normalized spacial score (nSPS) is 11.9. The number of nitrogens with zero attached hydrogens (tertiary/aromatic N) is 2. The first-order chi connectivity index (χ1) is 20.7. The van der Waals surface area contributed by atoms with Gasteiger partial charge in [0.05, 0.1) is 22.1 Å². The fourth-order valence-corrected chi connectivity index (χ4v) is 5.51. The van der Waals surface area contributed by atoms with Crippen LogP contribution in [0, 0.1) is 0 Å². The van der Waals surface area contributed by atoms with Crippen LogP contribution in [-0.2, 0) is 12.8 Å². The van der Waals surface area contributed by atoms with E-state index >= 15 is 0 Å². The maximum Gasteiger partial charge on any atom is 0.0966 e. The molecule has 2 nitrogen and oxygen atoms in total. The molecule has 0 aliphatic carbocycles. The molecule has 2 heteroatoms. The fourth-order valence-electron chi connectivity index (χ4n) is 5.51. The van der Waals surface area contributed by atoms with E-state index in [1.165, 1.54) is 86.5 Å². The Kier molecular flexibility index (Phi) is 10.7. The molecular formula is C40H44N2. The van der Waals surface area contributed by atoms with E-state index in [-0.39, 0.29) is 0 Å². The van der Waals surface area contributed by atoms with Gasteiger partial charge in [-0.15, -0.1) is 0 Å². The quantitative estimate of drug-likeness (QED) is 0.0778. The maximum absolute atomic E-state index is 5.07. The van der Waals surface area contributed by atoms with Gasteiger partial charge >= 0.3 is 0 Å². The van der Waals surface area contributed by atoms with Crippen molar-refractivity contribution in [2.24, 2.45) is 0 Å². The number of rotatable bonds is 14. The van der Waals surface area contributed by atoms with Crippen molar-refractivity contribution in [3.8, 4) is 0 Å². The highest BCUT2D eigenvalue weighted by Gasteiger charge is 2.07. The summed E-state index contributed by atoms with van der Waals surface area (Å²) in [6.07, 6.45) is 21.4. The predicted molar refractivity (Wildman–Crippen MR) is 183 cm³/mol. The Morgan fingerprint density at radius 2 is 0.881 bits per heavy atom. The van der Waals surface area contributed by atoms with Gasteiger partial charge in [0.25, 0.3) is 0 Å². The summed E-state index contributed by atoms with van der Waals surface area (Å²) >= 11 is 0. The van der Waals surface area contributed by atoms with Crippen molar-refractivity contribution >= 4 is 46.4 Å². The van der Waals surface area contributed by atoms with Gasteiger partial charge in [-0.25, -0.2) is 9.97 Å². The molecule has 1 heterocycles. The summed E-state index contributed by atoms with van der Waals surface area (Å²) < 4.78 is 0. The molecule has 42 heavy (non-hydrogen) atoms. The number of aromatic nitrogens is 2. The van der Waals surface area contributed by atoms with Crippen LogP contribution >= 0.6 is 0 Å². The molecule has 5 aromatic rings. The highest BCUT2D eigenvalue weighted by atomic mass is 14.8. The summed E-state index contributed by atoms with van der Waals surface area (Å²) in [7, 11) is 0. The Hall–Kier alpha value is -4.04. The molecule has 0 radical (unpaired) electrons. The van der Waals surface area contributed by atoms with Gasteiger partial charge in [0.15, 0.2) is 0 Å². The molecule has 0 spiro atoms. The molecule has 0 amide bonds. The Labute approximate surface area is 252 Å². The lowest BCUT2D eigenvalue weighted by molar-refractivity contribution is 0.667. The SMILES string of the molecule is CCCCCCc1ccc(/C=C/c2cccc3nc4c(/C=C/c5ccc(CCCCCC)cc5)cccc4nc23)cc1. The summed E-state index contributed by atoms with van der Waals surface area (Å²) in [6.45, 7) is 4.52. The molecule has 0 atom stereocenters. The third kappa shape index (κ3) is 8.03. The number of para-hydroxylation sites is 2. The van der Waals surface area contributed by atoms with Crippen molar-refractivity contribution in [2.45, 2.75) is 78.1 Å². The molecule has 214 valence electrons. The van der Waals surface area contributed by atoms with Crippen LogP contribution in [0.15, 0.2) is 84.9 Å². The highest BCUT2D eigenvalue weighted by molar-refractivity contribution is 5.96. The van der Waals surface area contributed by atoms with E-state index in [2.05, 4.69) is 123 Å². The van der Waals surface area contributed by atoms with Gasteiger partial charge in [0.2, 0.25) is 0 Å². The van der Waals surface area contributed by atoms with Crippen molar-refractivity contribution in [3.05, 3.63) is 118 Å². The van der Waals surface area contributed by atoms with E-state index in [0.29, 0.717) is 0 Å². The van der Waals surface area contributed by atoms with E-state index in [9.17, 15) is 0 Å². The third-order valence-electron chi connectivity index (χ3n) is 8.06. The van der Waals surface area contributed by atoms with Gasteiger partial charge in [0.1, 0.15) is 0 Å². The van der Waals surface area contributed by atoms with Gasteiger partial charge < -0.3 is 0 Å². The lowest BCUT2D eigenvalue weighted by Gasteiger charge is -2.07. The van der Waals surface area contributed by atoms with Crippen molar-refractivity contribution in [2.75, 3.05) is 0 Å². The van der Waals surface area contributed by atoms with Crippen molar-refractivity contribution in [1.29, 1.82) is 0 Å². The average molecular weight is 553 g/mol. The molecule has 5 rings (SSSR count). The smallest absolute Gasteiger partial charge is 0.0966 e. The second kappa shape index (κ2) is 15.3. The summed E-state index contributed by atoms with van der Waals surface area (Å²) in [5.41, 5.74) is 11.1. The van der Waals surface area contributed by atoms with Crippen LogP contribution in [0.1, 0.15) is 98.6 Å². The minimum atomic E-state index is 0.917. The summed E-state index contributed by atoms with van der Waals surface area (Å²) in [4.78, 5) is 10.1. The molecule has 4 aromatic carbocycles. The first-order valence-corrected chi connectivity index (χ1v) is 16.0. The number of hydrogen-bond donors (Lipinski definition) is 0.